The molecule has 2 heterocycles. The van der Waals surface area contributed by atoms with E-state index in [0.717, 1.165) is 28.0 Å². The number of nitrogens with one attached hydrogen (secondary N) is 1. The first-order valence-electron chi connectivity index (χ1n) is 9.96. The zero-order valence-electron chi connectivity index (χ0n) is 17.6. The Labute approximate surface area is 186 Å². The second-order valence-electron chi connectivity index (χ2n) is 7.55. The van der Waals surface area contributed by atoms with E-state index >= 15 is 0 Å². The first kappa shape index (κ1) is 20.9. The van der Waals surface area contributed by atoms with Crippen molar-refractivity contribution < 1.29 is 9.32 Å². The summed E-state index contributed by atoms with van der Waals surface area (Å²) >= 11 is 5.99. The molecule has 0 spiro atoms. The number of halogens is 1. The number of benzene rings is 2. The van der Waals surface area contributed by atoms with Gasteiger partial charge in [-0.25, -0.2) is 4.79 Å². The molecule has 158 valence electrons. The molecule has 2 aromatic carbocycles. The minimum absolute atomic E-state index is 0.193. The summed E-state index contributed by atoms with van der Waals surface area (Å²) in [5, 5.41) is 7.88. The van der Waals surface area contributed by atoms with Crippen molar-refractivity contribution in [3.05, 3.63) is 88.4 Å². The standard InChI is InChI=1S/C24H23ClN4O2/c1-5-12-29-16(4)20(21(26-24(29)30)18-7-6-14(2)15(3)13-18)23-27-22(28-31-23)17-8-10-19(25)11-9-17/h5-11,13,21H,1,12H2,2-4H3,(H,26,30). The highest BCUT2D eigenvalue weighted by molar-refractivity contribution is 6.30. The maximum absolute atomic E-state index is 12.8. The Morgan fingerprint density at radius 1 is 1.16 bits per heavy atom. The van der Waals surface area contributed by atoms with E-state index in [1.807, 2.05) is 31.2 Å². The van der Waals surface area contributed by atoms with E-state index in [0.29, 0.717) is 23.3 Å². The fraction of sp³-hybridized carbons (Fsp3) is 0.208. The summed E-state index contributed by atoms with van der Waals surface area (Å²) < 4.78 is 5.67. The monoisotopic (exact) mass is 434 g/mol. The number of carbonyl (C=O) groups excluding carboxylic acids is 1. The molecule has 0 fully saturated rings. The van der Waals surface area contributed by atoms with E-state index < -0.39 is 6.04 Å². The first-order chi connectivity index (χ1) is 14.9. The number of amides is 2. The summed E-state index contributed by atoms with van der Waals surface area (Å²) in [5.41, 5.74) is 5.59. The Morgan fingerprint density at radius 2 is 1.90 bits per heavy atom. The summed E-state index contributed by atoms with van der Waals surface area (Å²) in [6, 6.07) is 12.8. The smallest absolute Gasteiger partial charge is 0.322 e. The van der Waals surface area contributed by atoms with Crippen molar-refractivity contribution in [2.75, 3.05) is 6.54 Å². The second kappa shape index (κ2) is 8.40. The average Bonchev–Trinajstić information content (AvgIpc) is 3.23. The van der Waals surface area contributed by atoms with Crippen LogP contribution in [0.5, 0.6) is 0 Å². The van der Waals surface area contributed by atoms with Crippen LogP contribution < -0.4 is 5.32 Å². The summed E-state index contributed by atoms with van der Waals surface area (Å²) in [7, 11) is 0. The fourth-order valence-corrected chi connectivity index (χ4v) is 3.78. The van der Waals surface area contributed by atoms with Crippen LogP contribution in [0, 0.1) is 13.8 Å². The molecular weight excluding hydrogens is 412 g/mol. The zero-order valence-corrected chi connectivity index (χ0v) is 18.4. The molecule has 0 bridgehead atoms. The van der Waals surface area contributed by atoms with E-state index in [1.165, 1.54) is 5.56 Å². The molecule has 0 saturated heterocycles. The summed E-state index contributed by atoms with van der Waals surface area (Å²) in [6.45, 7) is 10.1. The number of aromatic nitrogens is 2. The van der Waals surface area contributed by atoms with Crippen LogP contribution in [-0.2, 0) is 0 Å². The normalized spacial score (nSPS) is 16.5. The highest BCUT2D eigenvalue weighted by Gasteiger charge is 2.35. The van der Waals surface area contributed by atoms with Crippen LogP contribution in [-0.4, -0.2) is 27.6 Å². The topological polar surface area (TPSA) is 71.3 Å². The Hall–Kier alpha value is -3.38. The second-order valence-corrected chi connectivity index (χ2v) is 7.99. The summed E-state index contributed by atoms with van der Waals surface area (Å²) in [4.78, 5) is 19.1. The Kier molecular flexibility index (Phi) is 5.65. The largest absolute Gasteiger partial charge is 0.334 e. The molecule has 31 heavy (non-hydrogen) atoms. The minimum Gasteiger partial charge on any atom is -0.334 e. The van der Waals surface area contributed by atoms with Gasteiger partial charge in [0.25, 0.3) is 5.89 Å². The van der Waals surface area contributed by atoms with E-state index in [-0.39, 0.29) is 6.03 Å². The maximum atomic E-state index is 12.8. The SMILES string of the molecule is C=CCN1C(=O)NC(c2ccc(C)c(C)c2)C(c2nc(-c3ccc(Cl)cc3)no2)=C1C. The van der Waals surface area contributed by atoms with Crippen molar-refractivity contribution in [3.63, 3.8) is 0 Å². The van der Waals surface area contributed by atoms with Crippen LogP contribution in [0.15, 0.2) is 65.3 Å². The molecule has 1 unspecified atom stereocenters. The van der Waals surface area contributed by atoms with Gasteiger partial charge in [0.1, 0.15) is 0 Å². The van der Waals surface area contributed by atoms with Gasteiger partial charge in [0, 0.05) is 22.8 Å². The van der Waals surface area contributed by atoms with Gasteiger partial charge in [-0.1, -0.05) is 41.0 Å². The molecule has 3 aromatic rings. The molecule has 0 radical (unpaired) electrons. The van der Waals surface area contributed by atoms with Crippen molar-refractivity contribution >= 4 is 23.2 Å². The molecular formula is C24H23ClN4O2. The number of hydrogen-bond acceptors (Lipinski definition) is 4. The van der Waals surface area contributed by atoms with Crippen LogP contribution in [0.25, 0.3) is 17.0 Å². The lowest BCUT2D eigenvalue weighted by Crippen LogP contribution is -2.46. The number of urea groups is 1. The van der Waals surface area contributed by atoms with E-state index in [1.54, 1.807) is 23.1 Å². The van der Waals surface area contributed by atoms with Gasteiger partial charge in [-0.05, 0) is 61.7 Å². The van der Waals surface area contributed by atoms with Crippen LogP contribution >= 0.6 is 11.6 Å². The number of carbonyl (C=O) groups is 1. The molecule has 1 aromatic heterocycles. The summed E-state index contributed by atoms with van der Waals surface area (Å²) in [5.74, 6) is 0.817. The van der Waals surface area contributed by atoms with Gasteiger partial charge >= 0.3 is 6.03 Å². The van der Waals surface area contributed by atoms with Crippen molar-refractivity contribution in [1.82, 2.24) is 20.4 Å². The Balaban J connectivity index is 1.83. The van der Waals surface area contributed by atoms with E-state index in [4.69, 9.17) is 16.1 Å². The number of nitrogens with zero attached hydrogens (tertiary/aromatic N) is 3. The molecule has 0 aliphatic carbocycles. The Morgan fingerprint density at radius 3 is 2.58 bits per heavy atom. The van der Waals surface area contributed by atoms with Crippen LogP contribution in [0.1, 0.15) is 35.5 Å². The van der Waals surface area contributed by atoms with Gasteiger partial charge < -0.3 is 9.84 Å². The molecule has 1 aliphatic heterocycles. The van der Waals surface area contributed by atoms with Crippen LogP contribution in [0.2, 0.25) is 5.02 Å². The van der Waals surface area contributed by atoms with Gasteiger partial charge in [0.05, 0.1) is 11.6 Å². The third kappa shape index (κ3) is 3.99. The van der Waals surface area contributed by atoms with Gasteiger partial charge in [-0.3, -0.25) is 4.90 Å². The molecule has 2 amide bonds. The van der Waals surface area contributed by atoms with Crippen molar-refractivity contribution in [2.24, 2.45) is 0 Å². The molecule has 4 rings (SSSR count). The van der Waals surface area contributed by atoms with E-state index in [2.05, 4.69) is 42.0 Å². The zero-order chi connectivity index (χ0) is 22.1. The van der Waals surface area contributed by atoms with Crippen molar-refractivity contribution in [2.45, 2.75) is 26.8 Å². The third-order valence-corrected chi connectivity index (χ3v) is 5.78. The maximum Gasteiger partial charge on any atom is 0.322 e. The third-order valence-electron chi connectivity index (χ3n) is 5.53. The highest BCUT2D eigenvalue weighted by atomic mass is 35.5. The lowest BCUT2D eigenvalue weighted by molar-refractivity contribution is 0.209. The van der Waals surface area contributed by atoms with Crippen LogP contribution in [0.3, 0.4) is 0 Å². The fourth-order valence-electron chi connectivity index (χ4n) is 3.65. The van der Waals surface area contributed by atoms with Crippen molar-refractivity contribution in [3.8, 4) is 11.4 Å². The lowest BCUT2D eigenvalue weighted by atomic mass is 9.92. The molecule has 1 aliphatic rings. The number of aryl methyl sites for hydroxylation is 2. The lowest BCUT2D eigenvalue weighted by Gasteiger charge is -2.34. The average molecular weight is 435 g/mol. The quantitative estimate of drug-likeness (QED) is 0.523. The molecule has 6 nitrogen and oxygen atoms in total. The van der Waals surface area contributed by atoms with Gasteiger partial charge in [-0.2, -0.15) is 4.98 Å². The summed E-state index contributed by atoms with van der Waals surface area (Å²) in [6.07, 6.45) is 1.68. The Bertz CT molecular complexity index is 1180. The predicted molar refractivity (Wildman–Crippen MR) is 121 cm³/mol. The molecule has 7 heteroatoms. The minimum atomic E-state index is -0.411. The first-order valence-corrected chi connectivity index (χ1v) is 10.3. The van der Waals surface area contributed by atoms with E-state index in [9.17, 15) is 4.79 Å². The van der Waals surface area contributed by atoms with Crippen molar-refractivity contribution in [1.29, 1.82) is 0 Å². The molecule has 1 atom stereocenters. The highest BCUT2D eigenvalue weighted by Crippen LogP contribution is 2.37. The molecule has 0 saturated carbocycles. The van der Waals surface area contributed by atoms with Crippen LogP contribution in [0.4, 0.5) is 4.79 Å². The number of allylic oxidation sites excluding steroid dienone is 1. The van der Waals surface area contributed by atoms with Gasteiger partial charge in [-0.15, -0.1) is 6.58 Å². The predicted octanol–water partition coefficient (Wildman–Crippen LogP) is 5.69. The van der Waals surface area contributed by atoms with Gasteiger partial charge in [0.15, 0.2) is 0 Å². The number of rotatable bonds is 5. The number of hydrogen-bond donors (Lipinski definition) is 1. The van der Waals surface area contributed by atoms with Gasteiger partial charge in [0.2, 0.25) is 5.82 Å². The molecule has 1 N–H and O–H groups in total.